The number of rotatable bonds is 6. The van der Waals surface area contributed by atoms with Gasteiger partial charge >= 0.3 is 5.97 Å². The summed E-state index contributed by atoms with van der Waals surface area (Å²) >= 11 is 0. The first kappa shape index (κ1) is 34.1. The predicted molar refractivity (Wildman–Crippen MR) is 255 cm³/mol. The van der Waals surface area contributed by atoms with Crippen molar-refractivity contribution in [2.45, 2.75) is 38.5 Å². The molecule has 62 heavy (non-hydrogen) atoms. The number of nitrogens with zero attached hydrogens (tertiary/aromatic N) is 1. The molecule has 0 unspecified atom stereocenters. The highest BCUT2D eigenvalue weighted by Crippen LogP contribution is 2.59. The summed E-state index contributed by atoms with van der Waals surface area (Å²) in [5, 5.41) is 31.6. The van der Waals surface area contributed by atoms with Crippen molar-refractivity contribution in [2.75, 3.05) is 0 Å². The Hall–Kier alpha value is -7.63. The van der Waals surface area contributed by atoms with E-state index < -0.39 is 17.8 Å². The number of hydrogen-bond acceptors (Lipinski definition) is 4. The van der Waals surface area contributed by atoms with Crippen LogP contribution >= 0.6 is 0 Å². The van der Waals surface area contributed by atoms with Crippen molar-refractivity contribution >= 4 is 147 Å². The number of hydroxylamine groups is 2. The first-order valence-electron chi connectivity index (χ1n) is 21.7. The molecule has 0 aromatic heterocycles. The van der Waals surface area contributed by atoms with Crippen LogP contribution in [0.15, 0.2) is 140 Å². The van der Waals surface area contributed by atoms with Crippen LogP contribution in [0.1, 0.15) is 37.7 Å². The summed E-state index contributed by atoms with van der Waals surface area (Å²) in [5.74, 6) is -1.47. The minimum Gasteiger partial charge on any atom is -0.330 e. The van der Waals surface area contributed by atoms with E-state index in [0.717, 1.165) is 12.8 Å². The fourth-order valence-electron chi connectivity index (χ4n) is 12.0. The smallest absolute Gasteiger partial charge is 0.330 e. The average molecular weight is 798 g/mol. The summed E-state index contributed by atoms with van der Waals surface area (Å²) in [6.07, 6.45) is 2.32. The average Bonchev–Trinajstić information content (AvgIpc) is 3.63. The van der Waals surface area contributed by atoms with Gasteiger partial charge in [0.25, 0.3) is 11.8 Å². The van der Waals surface area contributed by atoms with Crippen molar-refractivity contribution in [3.63, 3.8) is 0 Å². The second-order valence-corrected chi connectivity index (χ2v) is 17.3. The summed E-state index contributed by atoms with van der Waals surface area (Å²) in [5.41, 5.74) is 1.24. The van der Waals surface area contributed by atoms with Gasteiger partial charge in [-0.1, -0.05) is 140 Å². The molecule has 0 N–H and O–H groups in total. The second-order valence-electron chi connectivity index (χ2n) is 17.3. The zero-order valence-electron chi connectivity index (χ0n) is 33.6. The molecule has 0 saturated carbocycles. The van der Waals surface area contributed by atoms with Crippen molar-refractivity contribution in [3.05, 3.63) is 145 Å². The molecule has 1 heterocycles. The molecule has 0 atom stereocenters. The third kappa shape index (κ3) is 4.20. The van der Waals surface area contributed by atoms with Gasteiger partial charge in [0.15, 0.2) is 0 Å². The monoisotopic (exact) mass is 797 g/mol. The van der Waals surface area contributed by atoms with E-state index in [1.165, 1.54) is 135 Å². The van der Waals surface area contributed by atoms with E-state index in [-0.39, 0.29) is 19.3 Å². The number of hydrogen-bond donors (Lipinski definition) is 0. The molecule has 5 heteroatoms. The van der Waals surface area contributed by atoms with E-state index >= 15 is 0 Å². The van der Waals surface area contributed by atoms with E-state index in [4.69, 9.17) is 4.84 Å². The Morgan fingerprint density at radius 3 is 1.08 bits per heavy atom. The van der Waals surface area contributed by atoms with Gasteiger partial charge in [0.1, 0.15) is 0 Å². The lowest BCUT2D eigenvalue weighted by Gasteiger charge is -2.28. The van der Waals surface area contributed by atoms with Gasteiger partial charge < -0.3 is 4.84 Å². The molecule has 0 bridgehead atoms. The van der Waals surface area contributed by atoms with Gasteiger partial charge in [0.2, 0.25) is 0 Å². The van der Waals surface area contributed by atoms with Gasteiger partial charge in [-0.3, -0.25) is 9.59 Å². The Morgan fingerprint density at radius 2 is 0.694 bits per heavy atom. The van der Waals surface area contributed by atoms with E-state index in [0.29, 0.717) is 11.5 Å². The molecule has 14 rings (SSSR count). The standard InChI is InChI=1S/C57H35NO4/c59-42-28-29-43(60)58(42)62-44(61)27-12-1-14-30-15-13-26-41-45(30)51-40-25-11-10-24-39(40)49-36-21-7-6-20-35(36)47-33-18-4-2-16-31(33)46-32-17-3-5-19-34(32)48-37-22-8-9-23-38(37)50(41)56-54(48)52(46)53(47)55(49)57(51)56/h2-11,13,15-26H,1,12,14,27-29H2. The summed E-state index contributed by atoms with van der Waals surface area (Å²) in [6.45, 7) is 0. The highest BCUT2D eigenvalue weighted by atomic mass is 16.7. The van der Waals surface area contributed by atoms with Crippen LogP contribution in [0.25, 0.3) is 129 Å². The largest absolute Gasteiger partial charge is 0.333 e. The zero-order chi connectivity index (χ0) is 41.0. The van der Waals surface area contributed by atoms with E-state index in [1.54, 1.807) is 0 Å². The summed E-state index contributed by atoms with van der Waals surface area (Å²) in [4.78, 5) is 42.4. The van der Waals surface area contributed by atoms with Crippen LogP contribution in [-0.2, 0) is 25.6 Å². The Labute approximate surface area is 353 Å². The highest BCUT2D eigenvalue weighted by Gasteiger charge is 2.33. The summed E-state index contributed by atoms with van der Waals surface area (Å²) in [7, 11) is 0. The van der Waals surface area contributed by atoms with Crippen LogP contribution in [0.2, 0.25) is 0 Å². The quantitative estimate of drug-likeness (QED) is 0.0727. The summed E-state index contributed by atoms with van der Waals surface area (Å²) in [6, 6.07) is 52.1. The Bertz CT molecular complexity index is 4010. The molecule has 1 saturated heterocycles. The number of unbranched alkanes of at least 4 members (excludes halogenated alkanes) is 1. The number of fused-ring (bicyclic) bond motifs is 18. The molecule has 292 valence electrons. The molecule has 0 spiro atoms. The van der Waals surface area contributed by atoms with Crippen molar-refractivity contribution in [3.8, 4) is 0 Å². The first-order chi connectivity index (χ1) is 30.6. The third-order valence-corrected chi connectivity index (χ3v) is 14.3. The number of benzene rings is 13. The highest BCUT2D eigenvalue weighted by molar-refractivity contribution is 6.60. The number of aryl methyl sites for hydroxylation is 1. The predicted octanol–water partition coefficient (Wildman–Crippen LogP) is 14.2. The van der Waals surface area contributed by atoms with E-state index in [9.17, 15) is 14.4 Å². The Balaban J connectivity index is 1.18. The minimum atomic E-state index is -0.554. The normalized spacial score (nSPS) is 14.0. The van der Waals surface area contributed by atoms with Gasteiger partial charge in [-0.05, 0) is 154 Å². The summed E-state index contributed by atoms with van der Waals surface area (Å²) < 4.78 is 0. The number of carbonyl (C=O) groups excluding carboxylic acids is 3. The zero-order valence-corrected chi connectivity index (χ0v) is 33.6. The fourth-order valence-corrected chi connectivity index (χ4v) is 12.0. The lowest BCUT2D eigenvalue weighted by Crippen LogP contribution is -2.31. The van der Waals surface area contributed by atoms with Crippen LogP contribution in [0.5, 0.6) is 0 Å². The number of amides is 2. The van der Waals surface area contributed by atoms with Crippen molar-refractivity contribution in [1.82, 2.24) is 5.06 Å². The molecular formula is C57H35NO4. The Morgan fingerprint density at radius 1 is 0.371 bits per heavy atom. The van der Waals surface area contributed by atoms with E-state index in [2.05, 4.69) is 140 Å². The maximum atomic E-state index is 12.9. The third-order valence-electron chi connectivity index (χ3n) is 14.3. The van der Waals surface area contributed by atoms with Gasteiger partial charge in [0, 0.05) is 19.3 Å². The van der Waals surface area contributed by atoms with Crippen molar-refractivity contribution < 1.29 is 19.2 Å². The van der Waals surface area contributed by atoms with Crippen molar-refractivity contribution in [1.29, 1.82) is 0 Å². The molecule has 5 nitrogen and oxygen atoms in total. The topological polar surface area (TPSA) is 63.7 Å². The van der Waals surface area contributed by atoms with Gasteiger partial charge in [-0.25, -0.2) is 4.79 Å². The number of imide groups is 1. The maximum Gasteiger partial charge on any atom is 0.333 e. The molecule has 1 fully saturated rings. The van der Waals surface area contributed by atoms with Crippen LogP contribution < -0.4 is 0 Å². The van der Waals surface area contributed by atoms with Gasteiger partial charge in [-0.15, -0.1) is 5.06 Å². The second kappa shape index (κ2) is 12.2. The fraction of sp³-hybridized carbons (Fsp3) is 0.105. The molecular weight excluding hydrogens is 763 g/mol. The maximum absolute atomic E-state index is 12.9. The first-order valence-corrected chi connectivity index (χ1v) is 21.7. The van der Waals surface area contributed by atoms with Crippen LogP contribution in [0.4, 0.5) is 0 Å². The molecule has 0 radical (unpaired) electrons. The van der Waals surface area contributed by atoms with Crippen LogP contribution in [0.3, 0.4) is 0 Å². The van der Waals surface area contributed by atoms with Gasteiger partial charge in [0.05, 0.1) is 0 Å². The van der Waals surface area contributed by atoms with Crippen LogP contribution in [0, 0.1) is 0 Å². The molecule has 13 aromatic carbocycles. The molecule has 1 aliphatic heterocycles. The van der Waals surface area contributed by atoms with E-state index in [1.807, 2.05) is 0 Å². The molecule has 1 aliphatic rings. The van der Waals surface area contributed by atoms with Crippen LogP contribution in [-0.4, -0.2) is 22.8 Å². The SMILES string of the molecule is O=C(CCCCc1cccc2c1c1c3ccccc3c3c4ccccc4c4c5ccccc5c5c6ccccc6c6c7ccccc7c2c2c6c5c4c3c12)ON1C(=O)CCC1=O. The minimum absolute atomic E-state index is 0.0796. The van der Waals surface area contributed by atoms with Gasteiger partial charge in [-0.2, -0.15) is 0 Å². The molecule has 2 amide bonds. The lowest BCUT2D eigenvalue weighted by atomic mass is 9.74. The Kier molecular flexibility index (Phi) is 6.73. The van der Waals surface area contributed by atoms with Crippen molar-refractivity contribution in [2.24, 2.45) is 0 Å². The molecule has 0 aliphatic carbocycles. The lowest BCUT2D eigenvalue weighted by molar-refractivity contribution is -0.197. The molecule has 13 aromatic rings. The number of carbonyl (C=O) groups is 3.